The quantitative estimate of drug-likeness (QED) is 0.782. The number of rotatable bonds is 3. The van der Waals surface area contributed by atoms with Crippen molar-refractivity contribution in [1.82, 2.24) is 9.97 Å². The second kappa shape index (κ2) is 4.23. The Morgan fingerprint density at radius 2 is 1.84 bits per heavy atom. The summed E-state index contributed by atoms with van der Waals surface area (Å²) < 4.78 is 0. The maximum absolute atomic E-state index is 9.34. The third-order valence-corrected chi connectivity index (χ3v) is 5.88. The van der Waals surface area contributed by atoms with Crippen molar-refractivity contribution in [3.05, 3.63) is 12.0 Å². The van der Waals surface area contributed by atoms with Crippen LogP contribution in [0.4, 0.5) is 0 Å². The average molecular weight is 261 g/mol. The monoisotopic (exact) mass is 261 g/mol. The minimum absolute atomic E-state index is 0.0524. The molecule has 4 aliphatic rings. The lowest BCUT2D eigenvalue weighted by molar-refractivity contribution is -0.0423. The van der Waals surface area contributed by atoms with E-state index in [0.717, 1.165) is 41.8 Å². The van der Waals surface area contributed by atoms with E-state index in [0.29, 0.717) is 0 Å². The van der Waals surface area contributed by atoms with Crippen LogP contribution < -0.4 is 5.73 Å². The third kappa shape index (κ3) is 1.97. The van der Waals surface area contributed by atoms with E-state index in [1.54, 1.807) is 0 Å². The van der Waals surface area contributed by atoms with Crippen LogP contribution in [-0.4, -0.2) is 15.1 Å². The summed E-state index contributed by atoms with van der Waals surface area (Å²) in [5.74, 6) is 5.50. The van der Waals surface area contributed by atoms with Crippen LogP contribution in [0.15, 0.2) is 6.20 Å². The number of nitrogens with two attached hydrogens (primary N) is 1. The van der Waals surface area contributed by atoms with Gasteiger partial charge in [0, 0.05) is 0 Å². The number of hydrogen-bond donors (Lipinski definition) is 3. The van der Waals surface area contributed by atoms with E-state index in [9.17, 15) is 5.11 Å². The molecule has 1 unspecified atom stereocenters. The molecule has 4 nitrogen and oxygen atoms in total. The van der Waals surface area contributed by atoms with E-state index in [2.05, 4.69) is 9.97 Å². The van der Waals surface area contributed by atoms with Gasteiger partial charge in [-0.3, -0.25) is 0 Å². The number of nitrogens with one attached hydrogen (secondary N) is 1. The lowest BCUT2D eigenvalue weighted by atomic mass is 9.51. The van der Waals surface area contributed by atoms with Crippen molar-refractivity contribution in [2.75, 3.05) is 0 Å². The first-order valence-corrected chi connectivity index (χ1v) is 7.68. The van der Waals surface area contributed by atoms with E-state index in [-0.39, 0.29) is 11.9 Å². The van der Waals surface area contributed by atoms with E-state index < -0.39 is 0 Å². The summed E-state index contributed by atoms with van der Waals surface area (Å²) >= 11 is 0. The zero-order chi connectivity index (χ0) is 13.0. The lowest BCUT2D eigenvalue weighted by Crippen LogP contribution is -2.45. The van der Waals surface area contributed by atoms with Crippen molar-refractivity contribution in [2.45, 2.75) is 44.6 Å². The largest absolute Gasteiger partial charge is 0.493 e. The van der Waals surface area contributed by atoms with E-state index in [1.807, 2.05) is 0 Å². The summed E-state index contributed by atoms with van der Waals surface area (Å²) in [6.07, 6.45) is 9.73. The SMILES string of the molecule is NC(CC1C2CC3CC(C2)CC1C3)c1ncc(O)[nH]1. The van der Waals surface area contributed by atoms with Gasteiger partial charge in [0.25, 0.3) is 0 Å². The molecule has 4 N–H and O–H groups in total. The van der Waals surface area contributed by atoms with Crippen LogP contribution >= 0.6 is 0 Å². The second-order valence-electron chi connectivity index (χ2n) is 7.09. The van der Waals surface area contributed by atoms with Gasteiger partial charge in [-0.05, 0) is 68.1 Å². The Hall–Kier alpha value is -1.03. The standard InChI is InChI=1S/C15H23N3O/c16-13(15-17-7-14(19)18-15)6-12-10-2-8-1-9(4-10)5-11(12)3-8/h7-13,19H,1-6,16H2,(H,17,18). The summed E-state index contributed by atoms with van der Waals surface area (Å²) in [7, 11) is 0. The molecule has 1 heterocycles. The summed E-state index contributed by atoms with van der Waals surface area (Å²) in [6.45, 7) is 0. The van der Waals surface area contributed by atoms with Crippen molar-refractivity contribution in [3.8, 4) is 5.88 Å². The second-order valence-corrected chi connectivity index (χ2v) is 7.09. The van der Waals surface area contributed by atoms with Crippen LogP contribution in [-0.2, 0) is 0 Å². The van der Waals surface area contributed by atoms with E-state index in [4.69, 9.17) is 5.73 Å². The highest BCUT2D eigenvalue weighted by molar-refractivity contribution is 5.09. The Balaban J connectivity index is 1.48. The van der Waals surface area contributed by atoms with Crippen LogP contribution in [0, 0.1) is 29.6 Å². The van der Waals surface area contributed by atoms with Gasteiger partial charge in [-0.15, -0.1) is 0 Å². The van der Waals surface area contributed by atoms with Gasteiger partial charge in [-0.25, -0.2) is 4.98 Å². The van der Waals surface area contributed by atoms with Gasteiger partial charge in [0.1, 0.15) is 5.82 Å². The fraction of sp³-hybridized carbons (Fsp3) is 0.800. The third-order valence-electron chi connectivity index (χ3n) is 5.88. The Labute approximate surface area is 113 Å². The van der Waals surface area contributed by atoms with Crippen LogP contribution in [0.3, 0.4) is 0 Å². The molecular formula is C15H23N3O. The maximum atomic E-state index is 9.34. The molecule has 1 aromatic heterocycles. The van der Waals surface area contributed by atoms with Gasteiger partial charge < -0.3 is 15.8 Å². The molecule has 5 rings (SSSR count). The van der Waals surface area contributed by atoms with Crippen molar-refractivity contribution >= 4 is 0 Å². The predicted octanol–water partition coefficient (Wildman–Crippen LogP) is 2.58. The molecule has 0 saturated heterocycles. The molecule has 1 atom stereocenters. The van der Waals surface area contributed by atoms with Crippen molar-refractivity contribution in [2.24, 2.45) is 35.3 Å². The van der Waals surface area contributed by atoms with Crippen LogP contribution in [0.1, 0.15) is 50.4 Å². The molecule has 0 radical (unpaired) electrons. The van der Waals surface area contributed by atoms with Crippen molar-refractivity contribution in [3.63, 3.8) is 0 Å². The normalized spacial score (nSPS) is 41.6. The molecule has 0 spiro atoms. The number of imidazole rings is 1. The number of aromatic amines is 1. The zero-order valence-electron chi connectivity index (χ0n) is 11.3. The molecule has 0 aliphatic heterocycles. The molecule has 4 heteroatoms. The molecule has 4 bridgehead atoms. The lowest BCUT2D eigenvalue weighted by Gasteiger charge is -2.55. The summed E-state index contributed by atoms with van der Waals surface area (Å²) in [5.41, 5.74) is 6.28. The molecule has 4 fully saturated rings. The van der Waals surface area contributed by atoms with E-state index in [1.165, 1.54) is 38.3 Å². The van der Waals surface area contributed by atoms with Crippen LogP contribution in [0.25, 0.3) is 0 Å². The number of aromatic nitrogens is 2. The summed E-state index contributed by atoms with van der Waals surface area (Å²) in [5, 5.41) is 9.34. The first-order chi connectivity index (χ1) is 9.19. The molecule has 1 aromatic rings. The summed E-state index contributed by atoms with van der Waals surface area (Å²) in [4.78, 5) is 7.04. The topological polar surface area (TPSA) is 74.9 Å². The fourth-order valence-corrected chi connectivity index (χ4v) is 5.34. The number of nitrogens with zero attached hydrogens (tertiary/aromatic N) is 1. The van der Waals surface area contributed by atoms with Gasteiger partial charge in [0.2, 0.25) is 5.88 Å². The van der Waals surface area contributed by atoms with Crippen LogP contribution in [0.5, 0.6) is 5.88 Å². The van der Waals surface area contributed by atoms with E-state index >= 15 is 0 Å². The molecule has 0 amide bonds. The first-order valence-electron chi connectivity index (χ1n) is 7.68. The fourth-order valence-electron chi connectivity index (χ4n) is 5.34. The first kappa shape index (κ1) is 11.8. The highest BCUT2D eigenvalue weighted by Gasteiger charge is 2.48. The minimum Gasteiger partial charge on any atom is -0.493 e. The van der Waals surface area contributed by atoms with Gasteiger partial charge in [-0.1, -0.05) is 0 Å². The number of aromatic hydroxyl groups is 1. The Morgan fingerprint density at radius 3 is 2.37 bits per heavy atom. The smallest absolute Gasteiger partial charge is 0.208 e. The van der Waals surface area contributed by atoms with Gasteiger partial charge in [-0.2, -0.15) is 0 Å². The Morgan fingerprint density at radius 1 is 1.21 bits per heavy atom. The van der Waals surface area contributed by atoms with Crippen LogP contribution in [0.2, 0.25) is 0 Å². The average Bonchev–Trinajstić information content (AvgIpc) is 2.79. The molecule has 104 valence electrons. The highest BCUT2D eigenvalue weighted by atomic mass is 16.3. The molecular weight excluding hydrogens is 238 g/mol. The van der Waals surface area contributed by atoms with Gasteiger partial charge >= 0.3 is 0 Å². The number of hydrogen-bond acceptors (Lipinski definition) is 3. The Kier molecular flexibility index (Phi) is 2.62. The van der Waals surface area contributed by atoms with Crippen molar-refractivity contribution in [1.29, 1.82) is 0 Å². The molecule has 19 heavy (non-hydrogen) atoms. The molecule has 4 saturated carbocycles. The van der Waals surface area contributed by atoms with Crippen molar-refractivity contribution < 1.29 is 5.11 Å². The predicted molar refractivity (Wildman–Crippen MR) is 72.3 cm³/mol. The number of H-pyrrole nitrogens is 1. The van der Waals surface area contributed by atoms with Gasteiger partial charge in [0.05, 0.1) is 12.2 Å². The Bertz CT molecular complexity index is 442. The molecule has 0 aromatic carbocycles. The zero-order valence-corrected chi connectivity index (χ0v) is 11.3. The maximum Gasteiger partial charge on any atom is 0.208 e. The molecule has 4 aliphatic carbocycles. The minimum atomic E-state index is -0.0524. The highest BCUT2D eigenvalue weighted by Crippen LogP contribution is 2.57. The van der Waals surface area contributed by atoms with Gasteiger partial charge in [0.15, 0.2) is 0 Å². The summed E-state index contributed by atoms with van der Waals surface area (Å²) in [6, 6.07) is -0.0524.